The van der Waals surface area contributed by atoms with Gasteiger partial charge in [-0.15, -0.1) is 0 Å². The van der Waals surface area contributed by atoms with Gasteiger partial charge < -0.3 is 19.8 Å². The van der Waals surface area contributed by atoms with Crippen molar-refractivity contribution in [2.24, 2.45) is 0 Å². The van der Waals surface area contributed by atoms with Crippen molar-refractivity contribution in [3.8, 4) is 0 Å². The van der Waals surface area contributed by atoms with Gasteiger partial charge in [0.15, 0.2) is 5.76 Å². The molecule has 3 rings (SSSR count). The van der Waals surface area contributed by atoms with Gasteiger partial charge in [0.1, 0.15) is 0 Å². The van der Waals surface area contributed by atoms with E-state index in [-0.39, 0.29) is 29.8 Å². The number of anilines is 2. The summed E-state index contributed by atoms with van der Waals surface area (Å²) in [4.78, 5) is 23.5. The molecule has 1 aliphatic heterocycles. The first-order chi connectivity index (χ1) is 12.9. The van der Waals surface area contributed by atoms with Crippen molar-refractivity contribution >= 4 is 33.2 Å². The molecule has 10 heteroatoms. The summed E-state index contributed by atoms with van der Waals surface area (Å²) in [6, 6.07) is 9.12. The maximum Gasteiger partial charge on any atom is 0.291 e. The maximum absolute atomic E-state index is 12.5. The number of nitrogens with one attached hydrogen (secondary N) is 2. The molecule has 0 unspecified atom stereocenters. The van der Waals surface area contributed by atoms with Crippen LogP contribution in [0.3, 0.4) is 0 Å². The summed E-state index contributed by atoms with van der Waals surface area (Å²) in [5, 5.41) is 4.92. The van der Waals surface area contributed by atoms with Crippen LogP contribution in [0, 0.1) is 0 Å². The predicted molar refractivity (Wildman–Crippen MR) is 97.0 cm³/mol. The second-order valence-corrected chi connectivity index (χ2v) is 7.72. The fourth-order valence-corrected chi connectivity index (χ4v) is 3.89. The van der Waals surface area contributed by atoms with Crippen molar-refractivity contribution in [1.82, 2.24) is 4.31 Å². The highest BCUT2D eigenvalue weighted by Crippen LogP contribution is 2.21. The first-order valence-corrected chi connectivity index (χ1v) is 9.67. The van der Waals surface area contributed by atoms with Crippen LogP contribution in [0.25, 0.3) is 0 Å². The molecule has 2 heterocycles. The van der Waals surface area contributed by atoms with E-state index in [9.17, 15) is 18.0 Å². The van der Waals surface area contributed by atoms with Gasteiger partial charge in [0.25, 0.3) is 15.9 Å². The summed E-state index contributed by atoms with van der Waals surface area (Å²) in [5.74, 6) is -0.965. The van der Waals surface area contributed by atoms with E-state index in [4.69, 9.17) is 9.15 Å². The number of morpholine rings is 1. The number of carbonyl (C=O) groups is 2. The summed E-state index contributed by atoms with van der Waals surface area (Å²) in [6.45, 7) is 2.49. The fourth-order valence-electron chi connectivity index (χ4n) is 2.57. The van der Waals surface area contributed by atoms with Gasteiger partial charge in [-0.1, -0.05) is 6.07 Å². The minimum absolute atomic E-state index is 0.133. The van der Waals surface area contributed by atoms with E-state index >= 15 is 0 Å². The Bertz CT molecular complexity index is 947. The molecule has 0 radical (unpaired) electrons. The zero-order chi connectivity index (χ0) is 19.4. The van der Waals surface area contributed by atoms with Gasteiger partial charge in [0, 0.05) is 31.4 Å². The summed E-state index contributed by atoms with van der Waals surface area (Å²) in [5.41, 5.74) is 0.954. The van der Waals surface area contributed by atoms with E-state index in [1.54, 1.807) is 24.3 Å². The van der Waals surface area contributed by atoms with Crippen LogP contribution < -0.4 is 10.6 Å². The number of furan rings is 1. The summed E-state index contributed by atoms with van der Waals surface area (Å²) in [7, 11) is -3.81. The molecule has 0 bridgehead atoms. The number of sulfonamides is 1. The van der Waals surface area contributed by atoms with Crippen LogP contribution in [-0.2, 0) is 19.6 Å². The average Bonchev–Trinajstić information content (AvgIpc) is 3.13. The lowest BCUT2D eigenvalue weighted by Crippen LogP contribution is -2.40. The van der Waals surface area contributed by atoms with Crippen LogP contribution in [0.2, 0.25) is 0 Å². The Balaban J connectivity index is 1.72. The Labute approximate surface area is 156 Å². The highest BCUT2D eigenvalue weighted by molar-refractivity contribution is 7.89. The molecular weight excluding hydrogens is 374 g/mol. The van der Waals surface area contributed by atoms with Crippen LogP contribution in [0.15, 0.2) is 45.9 Å². The van der Waals surface area contributed by atoms with Gasteiger partial charge in [-0.3, -0.25) is 9.59 Å². The lowest BCUT2D eigenvalue weighted by atomic mass is 10.2. The molecule has 0 aliphatic carbocycles. The fraction of sp³-hybridized carbons (Fsp3) is 0.294. The van der Waals surface area contributed by atoms with E-state index < -0.39 is 15.9 Å². The molecule has 144 valence electrons. The van der Waals surface area contributed by atoms with Gasteiger partial charge in [-0.25, -0.2) is 8.42 Å². The first kappa shape index (κ1) is 19.1. The van der Waals surface area contributed by atoms with E-state index in [1.807, 2.05) is 0 Å². The third kappa shape index (κ3) is 4.54. The third-order valence-electron chi connectivity index (χ3n) is 3.81. The zero-order valence-electron chi connectivity index (χ0n) is 14.6. The molecule has 2 N–H and O–H groups in total. The second-order valence-electron chi connectivity index (χ2n) is 5.85. The van der Waals surface area contributed by atoms with E-state index in [0.717, 1.165) is 0 Å². The van der Waals surface area contributed by atoms with Crippen LogP contribution in [0.4, 0.5) is 11.4 Å². The highest BCUT2D eigenvalue weighted by Gasteiger charge is 2.30. The van der Waals surface area contributed by atoms with Gasteiger partial charge in [0.05, 0.1) is 13.2 Å². The zero-order valence-corrected chi connectivity index (χ0v) is 15.4. The maximum atomic E-state index is 12.5. The van der Waals surface area contributed by atoms with Crippen molar-refractivity contribution in [1.29, 1.82) is 0 Å². The van der Waals surface area contributed by atoms with Gasteiger partial charge >= 0.3 is 0 Å². The Kier molecular flexibility index (Phi) is 5.59. The van der Waals surface area contributed by atoms with Crippen LogP contribution in [0.5, 0.6) is 0 Å². The highest BCUT2D eigenvalue weighted by atomic mass is 32.2. The predicted octanol–water partition coefficient (Wildman–Crippen LogP) is 1.51. The largest absolute Gasteiger partial charge is 0.438 e. The lowest BCUT2D eigenvalue weighted by molar-refractivity contribution is -0.114. The molecule has 0 saturated carbocycles. The lowest BCUT2D eigenvalue weighted by Gasteiger charge is -2.24. The van der Waals surface area contributed by atoms with Crippen molar-refractivity contribution < 1.29 is 27.2 Å². The molecule has 9 nitrogen and oxygen atoms in total. The van der Waals surface area contributed by atoms with Crippen molar-refractivity contribution in [2.45, 2.75) is 12.0 Å². The van der Waals surface area contributed by atoms with Crippen LogP contribution >= 0.6 is 0 Å². The number of carbonyl (C=O) groups excluding carboxylic acids is 2. The Morgan fingerprint density at radius 1 is 1.04 bits per heavy atom. The number of nitrogens with zero attached hydrogens (tertiary/aromatic N) is 1. The summed E-state index contributed by atoms with van der Waals surface area (Å²) in [6.07, 6.45) is 0. The number of hydrogen-bond donors (Lipinski definition) is 2. The molecule has 2 aromatic rings. The normalized spacial score (nSPS) is 15.3. The van der Waals surface area contributed by atoms with Gasteiger partial charge in [0.2, 0.25) is 11.0 Å². The number of hydrogen-bond acceptors (Lipinski definition) is 6. The van der Waals surface area contributed by atoms with Crippen molar-refractivity contribution in [3.05, 3.63) is 42.2 Å². The standard InChI is InChI=1S/C17H19N3O6S/c1-12(21)18-13-3-2-4-14(11-13)19-17(22)15-5-6-16(26-15)27(23,24)20-7-9-25-10-8-20/h2-6,11H,7-10H2,1H3,(H,18,21)(H,19,22). The van der Waals surface area contributed by atoms with E-state index in [0.29, 0.717) is 24.6 Å². The Morgan fingerprint density at radius 2 is 1.70 bits per heavy atom. The molecule has 1 aromatic heterocycles. The topological polar surface area (TPSA) is 118 Å². The smallest absolute Gasteiger partial charge is 0.291 e. The summed E-state index contributed by atoms with van der Waals surface area (Å²) < 4.78 is 36.8. The SMILES string of the molecule is CC(=O)Nc1cccc(NC(=O)c2ccc(S(=O)(=O)N3CCOCC3)o2)c1. The third-order valence-corrected chi connectivity index (χ3v) is 5.58. The molecule has 0 atom stereocenters. The van der Waals surface area contributed by atoms with Gasteiger partial charge in [-0.2, -0.15) is 4.31 Å². The molecular formula is C17H19N3O6S. The number of amides is 2. The monoisotopic (exact) mass is 393 g/mol. The van der Waals surface area contributed by atoms with E-state index in [1.165, 1.54) is 23.4 Å². The molecule has 0 spiro atoms. The molecule has 1 fully saturated rings. The summed E-state index contributed by atoms with van der Waals surface area (Å²) >= 11 is 0. The molecule has 1 saturated heterocycles. The number of ether oxygens (including phenoxy) is 1. The van der Waals surface area contributed by atoms with Crippen LogP contribution in [0.1, 0.15) is 17.5 Å². The van der Waals surface area contributed by atoms with Crippen LogP contribution in [-0.4, -0.2) is 50.8 Å². The van der Waals surface area contributed by atoms with Gasteiger partial charge in [-0.05, 0) is 30.3 Å². The number of rotatable bonds is 5. The average molecular weight is 393 g/mol. The Hall–Kier alpha value is -2.69. The minimum Gasteiger partial charge on any atom is -0.438 e. The second kappa shape index (κ2) is 7.91. The minimum atomic E-state index is -3.81. The van der Waals surface area contributed by atoms with Crippen molar-refractivity contribution in [3.63, 3.8) is 0 Å². The number of benzene rings is 1. The molecule has 2 amide bonds. The molecule has 27 heavy (non-hydrogen) atoms. The first-order valence-electron chi connectivity index (χ1n) is 8.23. The molecule has 1 aromatic carbocycles. The van der Waals surface area contributed by atoms with E-state index in [2.05, 4.69) is 10.6 Å². The quantitative estimate of drug-likeness (QED) is 0.795. The Morgan fingerprint density at radius 3 is 2.37 bits per heavy atom. The van der Waals surface area contributed by atoms with Crippen molar-refractivity contribution in [2.75, 3.05) is 36.9 Å². The molecule has 1 aliphatic rings.